The van der Waals surface area contributed by atoms with Gasteiger partial charge in [-0.05, 0) is 55.8 Å². The summed E-state index contributed by atoms with van der Waals surface area (Å²) in [6, 6.07) is 14.4. The van der Waals surface area contributed by atoms with Gasteiger partial charge >= 0.3 is 11.9 Å². The summed E-state index contributed by atoms with van der Waals surface area (Å²) >= 11 is 1.14. The summed E-state index contributed by atoms with van der Waals surface area (Å²) in [5.41, 5.74) is 1.62. The van der Waals surface area contributed by atoms with E-state index in [1.807, 2.05) is 0 Å². The number of ether oxygens (including phenoxy) is 1. The number of fused-ring (bicyclic) bond motifs is 1. The molecule has 0 spiro atoms. The first-order chi connectivity index (χ1) is 18.3. The van der Waals surface area contributed by atoms with Crippen LogP contribution in [0.15, 0.2) is 86.1 Å². The summed E-state index contributed by atoms with van der Waals surface area (Å²) in [5.74, 6) is -1.14. The Bertz CT molecular complexity index is 1760. The molecule has 0 saturated heterocycles. The Labute approximate surface area is 219 Å². The van der Waals surface area contributed by atoms with Crippen molar-refractivity contribution in [2.24, 2.45) is 4.99 Å². The number of nitrogens with zero attached hydrogens (tertiary/aromatic N) is 2. The van der Waals surface area contributed by atoms with E-state index in [-0.39, 0.29) is 23.3 Å². The van der Waals surface area contributed by atoms with Crippen molar-refractivity contribution in [1.29, 1.82) is 0 Å². The van der Waals surface area contributed by atoms with Gasteiger partial charge in [-0.3, -0.25) is 9.36 Å². The Hall–Kier alpha value is -4.57. The maximum absolute atomic E-state index is 13.7. The number of halogens is 1. The van der Waals surface area contributed by atoms with Crippen LogP contribution in [-0.2, 0) is 9.53 Å². The Kier molecular flexibility index (Phi) is 6.64. The molecule has 0 bridgehead atoms. The minimum Gasteiger partial charge on any atom is -0.478 e. The molecule has 0 aliphatic carbocycles. The maximum atomic E-state index is 13.7. The van der Waals surface area contributed by atoms with Crippen molar-refractivity contribution >= 4 is 29.4 Å². The molecule has 2 aromatic heterocycles. The van der Waals surface area contributed by atoms with Crippen LogP contribution in [0.4, 0.5) is 4.39 Å². The number of hydrogen-bond donors (Lipinski definition) is 1. The number of hydrogen-bond acceptors (Lipinski definition) is 7. The van der Waals surface area contributed by atoms with Gasteiger partial charge in [-0.1, -0.05) is 35.6 Å². The highest BCUT2D eigenvalue weighted by Crippen LogP contribution is 2.31. The minimum absolute atomic E-state index is 0.149. The lowest BCUT2D eigenvalue weighted by molar-refractivity contribution is -0.139. The average molecular weight is 533 g/mol. The number of aromatic carboxylic acids is 1. The largest absolute Gasteiger partial charge is 0.478 e. The van der Waals surface area contributed by atoms with Crippen LogP contribution < -0.4 is 14.9 Å². The van der Waals surface area contributed by atoms with Gasteiger partial charge in [0.1, 0.15) is 17.3 Å². The number of thiazole rings is 1. The molecule has 1 atom stereocenters. The second-order valence-electron chi connectivity index (χ2n) is 8.44. The van der Waals surface area contributed by atoms with Crippen LogP contribution in [0, 0.1) is 5.82 Å². The average Bonchev–Trinajstić information content (AvgIpc) is 3.48. The maximum Gasteiger partial charge on any atom is 0.338 e. The van der Waals surface area contributed by atoms with Gasteiger partial charge in [0.25, 0.3) is 5.56 Å². The molecule has 10 heteroatoms. The van der Waals surface area contributed by atoms with Gasteiger partial charge in [-0.2, -0.15) is 0 Å². The number of furan rings is 1. The van der Waals surface area contributed by atoms with E-state index in [0.717, 1.165) is 11.3 Å². The highest BCUT2D eigenvalue weighted by atomic mass is 32.1. The molecule has 8 nitrogen and oxygen atoms in total. The van der Waals surface area contributed by atoms with Crippen molar-refractivity contribution in [2.45, 2.75) is 19.9 Å². The lowest BCUT2D eigenvalue weighted by atomic mass is 9.96. The van der Waals surface area contributed by atoms with Crippen molar-refractivity contribution in [3.63, 3.8) is 0 Å². The molecule has 0 unspecified atom stereocenters. The van der Waals surface area contributed by atoms with E-state index in [1.165, 1.54) is 41.0 Å². The Morgan fingerprint density at radius 3 is 2.50 bits per heavy atom. The van der Waals surface area contributed by atoms with Gasteiger partial charge in [0.2, 0.25) is 0 Å². The SMILES string of the molecule is CCOC(=O)C1=C(C)N=c2s/c(=C/c3ccc(-c4ccc(C(=O)O)cc4)o3)c(=O)n2[C@H]1c1ccc(F)cc1. The molecule has 3 heterocycles. The predicted octanol–water partition coefficient (Wildman–Crippen LogP) is 3.90. The summed E-state index contributed by atoms with van der Waals surface area (Å²) in [5, 5.41) is 9.09. The molecule has 0 radical (unpaired) electrons. The van der Waals surface area contributed by atoms with Gasteiger partial charge < -0.3 is 14.3 Å². The molecule has 4 aromatic rings. The molecule has 0 fully saturated rings. The van der Waals surface area contributed by atoms with Crippen molar-refractivity contribution < 1.29 is 28.2 Å². The molecule has 2 aromatic carbocycles. The molecule has 0 saturated carbocycles. The summed E-state index contributed by atoms with van der Waals surface area (Å²) in [4.78, 5) is 42.5. The lowest BCUT2D eigenvalue weighted by Gasteiger charge is -2.24. The Morgan fingerprint density at radius 1 is 1.13 bits per heavy atom. The van der Waals surface area contributed by atoms with Gasteiger partial charge in [0, 0.05) is 11.6 Å². The van der Waals surface area contributed by atoms with E-state index < -0.39 is 23.8 Å². The molecule has 1 aliphatic heterocycles. The normalized spacial score (nSPS) is 15.2. The Morgan fingerprint density at radius 2 is 1.84 bits per heavy atom. The van der Waals surface area contributed by atoms with Crippen molar-refractivity contribution in [3.8, 4) is 11.3 Å². The fourth-order valence-electron chi connectivity index (χ4n) is 4.24. The van der Waals surface area contributed by atoms with E-state index in [1.54, 1.807) is 44.2 Å². The summed E-state index contributed by atoms with van der Waals surface area (Å²) in [6.07, 6.45) is 1.59. The fraction of sp³-hybridized carbons (Fsp3) is 0.143. The number of carbonyl (C=O) groups excluding carboxylic acids is 1. The second-order valence-corrected chi connectivity index (χ2v) is 9.45. The van der Waals surface area contributed by atoms with Gasteiger partial charge in [-0.25, -0.2) is 19.0 Å². The summed E-state index contributed by atoms with van der Waals surface area (Å²) in [7, 11) is 0. The third kappa shape index (κ3) is 4.61. The van der Waals surface area contributed by atoms with E-state index in [0.29, 0.717) is 37.7 Å². The highest BCUT2D eigenvalue weighted by molar-refractivity contribution is 7.07. The van der Waals surface area contributed by atoms with E-state index >= 15 is 0 Å². The molecule has 1 aliphatic rings. The molecule has 0 amide bonds. The highest BCUT2D eigenvalue weighted by Gasteiger charge is 2.33. The number of esters is 1. The fourth-order valence-corrected chi connectivity index (χ4v) is 5.27. The number of aromatic nitrogens is 1. The van der Waals surface area contributed by atoms with Gasteiger partial charge in [-0.15, -0.1) is 0 Å². The zero-order valence-corrected chi connectivity index (χ0v) is 21.1. The summed E-state index contributed by atoms with van der Waals surface area (Å²) < 4.78 is 26.6. The predicted molar refractivity (Wildman–Crippen MR) is 138 cm³/mol. The lowest BCUT2D eigenvalue weighted by Crippen LogP contribution is -2.39. The Balaban J connectivity index is 1.59. The molecule has 38 heavy (non-hydrogen) atoms. The smallest absolute Gasteiger partial charge is 0.338 e. The first kappa shape index (κ1) is 25.1. The standard InChI is InChI=1S/C28H21FN2O6S/c1-3-36-27(35)23-15(2)30-28-31(24(23)17-8-10-19(29)11-9-17)25(32)22(38-28)14-20-12-13-21(37-20)16-4-6-18(7-5-16)26(33)34/h4-14,24H,3H2,1-2H3,(H,33,34)/b22-14+/t24-/m0/s1. The first-order valence-electron chi connectivity index (χ1n) is 11.7. The van der Waals surface area contributed by atoms with E-state index in [9.17, 15) is 18.8 Å². The third-order valence-corrected chi connectivity index (χ3v) is 7.00. The number of rotatable bonds is 6. The zero-order chi connectivity index (χ0) is 27.0. The molecule has 192 valence electrons. The first-order valence-corrected chi connectivity index (χ1v) is 12.5. The monoisotopic (exact) mass is 532 g/mol. The van der Waals surface area contributed by atoms with Crippen LogP contribution in [0.2, 0.25) is 0 Å². The molecular weight excluding hydrogens is 511 g/mol. The van der Waals surface area contributed by atoms with Gasteiger partial charge in [0.05, 0.1) is 34.0 Å². The number of benzene rings is 2. The number of carboxylic acid groups (broad SMARTS) is 1. The minimum atomic E-state index is -1.02. The van der Waals surface area contributed by atoms with Crippen LogP contribution in [0.25, 0.3) is 17.4 Å². The van der Waals surface area contributed by atoms with E-state index in [4.69, 9.17) is 14.3 Å². The second kappa shape index (κ2) is 10.1. The van der Waals surface area contributed by atoms with Crippen molar-refractivity contribution in [3.05, 3.63) is 114 Å². The quantitative estimate of drug-likeness (QED) is 0.377. The van der Waals surface area contributed by atoms with Crippen LogP contribution in [0.5, 0.6) is 0 Å². The van der Waals surface area contributed by atoms with Crippen LogP contribution in [0.3, 0.4) is 0 Å². The van der Waals surface area contributed by atoms with E-state index in [2.05, 4.69) is 4.99 Å². The number of allylic oxidation sites excluding steroid dienone is 1. The zero-order valence-electron chi connectivity index (χ0n) is 20.3. The number of carboxylic acids is 1. The summed E-state index contributed by atoms with van der Waals surface area (Å²) in [6.45, 7) is 3.51. The van der Waals surface area contributed by atoms with Crippen molar-refractivity contribution in [1.82, 2.24) is 4.57 Å². The third-order valence-electron chi connectivity index (χ3n) is 6.02. The van der Waals surface area contributed by atoms with Crippen LogP contribution in [-0.4, -0.2) is 28.2 Å². The molecule has 1 N–H and O–H groups in total. The molecule has 5 rings (SSSR count). The van der Waals surface area contributed by atoms with Gasteiger partial charge in [0.15, 0.2) is 4.80 Å². The molecular formula is C28H21FN2O6S. The number of carbonyl (C=O) groups is 2. The van der Waals surface area contributed by atoms with Crippen LogP contribution in [0.1, 0.15) is 41.6 Å². The topological polar surface area (TPSA) is 111 Å². The van der Waals surface area contributed by atoms with Crippen LogP contribution >= 0.6 is 11.3 Å². The van der Waals surface area contributed by atoms with Crippen molar-refractivity contribution in [2.75, 3.05) is 6.61 Å².